The summed E-state index contributed by atoms with van der Waals surface area (Å²) in [5, 5.41) is 8.52. The highest BCUT2D eigenvalue weighted by molar-refractivity contribution is 9.11. The van der Waals surface area contributed by atoms with Crippen LogP contribution in [0.3, 0.4) is 0 Å². The topological polar surface area (TPSA) is 96.4 Å². The second kappa shape index (κ2) is 6.40. The average Bonchev–Trinajstić information content (AvgIpc) is 2.72. The summed E-state index contributed by atoms with van der Waals surface area (Å²) in [6, 6.07) is 0. The Labute approximate surface area is 129 Å². The number of sulfonamides is 1. The number of amides is 1. The third kappa shape index (κ3) is 3.92. The van der Waals surface area contributed by atoms with Gasteiger partial charge < -0.3 is 5.11 Å². The Hall–Kier alpha value is -0.670. The van der Waals surface area contributed by atoms with E-state index in [2.05, 4.69) is 20.9 Å². The highest BCUT2D eigenvalue weighted by Gasteiger charge is 2.25. The molecule has 1 amide bonds. The van der Waals surface area contributed by atoms with Crippen molar-refractivity contribution in [3.05, 3.63) is 9.48 Å². The molecule has 1 fully saturated rings. The molecule has 1 aliphatic rings. The van der Waals surface area contributed by atoms with Gasteiger partial charge in [0.05, 0.1) is 9.48 Å². The first-order valence-electron chi connectivity index (χ1n) is 6.29. The minimum atomic E-state index is -4.07. The van der Waals surface area contributed by atoms with Crippen molar-refractivity contribution in [3.63, 3.8) is 0 Å². The van der Waals surface area contributed by atoms with Gasteiger partial charge in [-0.05, 0) is 28.3 Å². The molecule has 0 saturated heterocycles. The van der Waals surface area contributed by atoms with E-state index in [4.69, 9.17) is 5.11 Å². The molecule has 2 N–H and O–H groups in total. The first-order valence-corrected chi connectivity index (χ1v) is 9.38. The molecule has 0 bridgehead atoms. The fourth-order valence-electron chi connectivity index (χ4n) is 2.38. The summed E-state index contributed by atoms with van der Waals surface area (Å²) < 4.78 is 25.4. The lowest BCUT2D eigenvalue weighted by molar-refractivity contribution is 0.201. The van der Waals surface area contributed by atoms with E-state index in [1.165, 1.54) is 24.0 Å². The van der Waals surface area contributed by atoms with Gasteiger partial charge in [-0.1, -0.05) is 43.4 Å². The van der Waals surface area contributed by atoms with Crippen molar-refractivity contribution < 1.29 is 18.3 Å². The maximum atomic E-state index is 11.7. The minimum absolute atomic E-state index is 0.211. The van der Waals surface area contributed by atoms with E-state index in [0.717, 1.165) is 30.6 Å². The van der Waals surface area contributed by atoms with Gasteiger partial charge in [-0.25, -0.2) is 14.5 Å². The van der Waals surface area contributed by atoms with Crippen molar-refractivity contribution in [2.45, 2.75) is 42.9 Å². The SMILES string of the molecule is O=C(O)NS(=O)(=O)c1nc(CC2CCCCC2)c(Br)s1. The molecule has 1 heterocycles. The number of nitrogens with one attached hydrogen (secondary N) is 1. The van der Waals surface area contributed by atoms with Crippen molar-refractivity contribution in [3.8, 4) is 0 Å². The highest BCUT2D eigenvalue weighted by Crippen LogP contribution is 2.33. The Bertz CT molecular complexity index is 594. The molecule has 112 valence electrons. The van der Waals surface area contributed by atoms with Gasteiger partial charge in [0.1, 0.15) is 0 Å². The van der Waals surface area contributed by atoms with Crippen LogP contribution in [-0.2, 0) is 16.4 Å². The average molecular weight is 383 g/mol. The second-order valence-electron chi connectivity index (χ2n) is 4.82. The minimum Gasteiger partial charge on any atom is -0.464 e. The number of carboxylic acid groups (broad SMARTS) is 1. The highest BCUT2D eigenvalue weighted by atomic mass is 79.9. The normalized spacial score (nSPS) is 17.1. The first kappa shape index (κ1) is 15.7. The van der Waals surface area contributed by atoms with Crippen molar-refractivity contribution >= 4 is 43.4 Å². The van der Waals surface area contributed by atoms with Gasteiger partial charge in [0.2, 0.25) is 4.34 Å². The molecule has 6 nitrogen and oxygen atoms in total. The van der Waals surface area contributed by atoms with Gasteiger partial charge in [0.15, 0.2) is 0 Å². The molecule has 1 saturated carbocycles. The molecule has 0 atom stereocenters. The fourth-order valence-corrected chi connectivity index (χ4v) is 5.33. The number of hydrogen-bond donors (Lipinski definition) is 2. The van der Waals surface area contributed by atoms with Gasteiger partial charge in [-0.15, -0.1) is 0 Å². The van der Waals surface area contributed by atoms with E-state index in [-0.39, 0.29) is 4.34 Å². The molecule has 0 spiro atoms. The van der Waals surface area contributed by atoms with Crippen LogP contribution in [0.1, 0.15) is 37.8 Å². The third-order valence-corrected chi connectivity index (χ3v) is 6.82. The van der Waals surface area contributed by atoms with Crippen LogP contribution in [0.4, 0.5) is 4.79 Å². The monoisotopic (exact) mass is 382 g/mol. The number of rotatable bonds is 4. The van der Waals surface area contributed by atoms with Crippen LogP contribution in [0.2, 0.25) is 0 Å². The molecule has 1 aliphatic carbocycles. The molecular formula is C11H15BrN2O4S2. The summed E-state index contributed by atoms with van der Waals surface area (Å²) in [7, 11) is -4.07. The maximum absolute atomic E-state index is 11.7. The van der Waals surface area contributed by atoms with E-state index < -0.39 is 16.1 Å². The van der Waals surface area contributed by atoms with Gasteiger partial charge in [0, 0.05) is 0 Å². The number of hydrogen-bond acceptors (Lipinski definition) is 5. The van der Waals surface area contributed by atoms with Gasteiger partial charge in [0.25, 0.3) is 10.0 Å². The van der Waals surface area contributed by atoms with E-state index in [1.54, 1.807) is 0 Å². The molecule has 1 aromatic rings. The van der Waals surface area contributed by atoms with Crippen LogP contribution >= 0.6 is 27.3 Å². The van der Waals surface area contributed by atoms with E-state index in [9.17, 15) is 13.2 Å². The van der Waals surface area contributed by atoms with E-state index in [1.807, 2.05) is 0 Å². The Morgan fingerprint density at radius 3 is 2.65 bits per heavy atom. The van der Waals surface area contributed by atoms with Crippen molar-refractivity contribution in [2.75, 3.05) is 0 Å². The Kier molecular flexibility index (Phi) is 5.03. The van der Waals surface area contributed by atoms with Crippen LogP contribution in [-0.4, -0.2) is 24.6 Å². The summed E-state index contributed by atoms with van der Waals surface area (Å²) in [5.41, 5.74) is 0.702. The van der Waals surface area contributed by atoms with E-state index in [0.29, 0.717) is 15.4 Å². The zero-order valence-corrected chi connectivity index (χ0v) is 13.9. The summed E-state index contributed by atoms with van der Waals surface area (Å²) in [4.78, 5) is 14.6. The zero-order chi connectivity index (χ0) is 14.8. The van der Waals surface area contributed by atoms with Gasteiger partial charge >= 0.3 is 6.09 Å². The maximum Gasteiger partial charge on any atom is 0.418 e. The molecule has 0 unspecified atom stereocenters. The Morgan fingerprint density at radius 1 is 1.40 bits per heavy atom. The predicted molar refractivity (Wildman–Crippen MR) is 78.4 cm³/mol. The van der Waals surface area contributed by atoms with Crippen molar-refractivity contribution in [2.24, 2.45) is 5.92 Å². The second-order valence-corrected chi connectivity index (χ2v) is 8.99. The summed E-state index contributed by atoms with van der Waals surface area (Å²) >= 11 is 4.26. The largest absolute Gasteiger partial charge is 0.464 e. The lowest BCUT2D eigenvalue weighted by Crippen LogP contribution is -2.28. The molecule has 9 heteroatoms. The van der Waals surface area contributed by atoms with Crippen molar-refractivity contribution in [1.29, 1.82) is 0 Å². The smallest absolute Gasteiger partial charge is 0.418 e. The third-order valence-electron chi connectivity index (χ3n) is 3.29. The quantitative estimate of drug-likeness (QED) is 0.833. The number of halogens is 1. The zero-order valence-electron chi connectivity index (χ0n) is 10.6. The number of nitrogens with zero attached hydrogens (tertiary/aromatic N) is 1. The summed E-state index contributed by atoms with van der Waals surface area (Å²) in [6.07, 6.45) is 5.08. The molecular weight excluding hydrogens is 368 g/mol. The predicted octanol–water partition coefficient (Wildman–Crippen LogP) is 2.98. The molecule has 2 rings (SSSR count). The van der Waals surface area contributed by atoms with Crippen LogP contribution in [0.15, 0.2) is 8.13 Å². The van der Waals surface area contributed by atoms with Crippen LogP contribution < -0.4 is 4.72 Å². The molecule has 1 aromatic heterocycles. The standard InChI is InChI=1S/C11H15BrN2O4S2/c12-9-8(6-7-4-2-1-3-5-7)13-11(19-9)20(17,18)14-10(15)16/h7,14H,1-6H2,(H,15,16). The molecule has 20 heavy (non-hydrogen) atoms. The summed E-state index contributed by atoms with van der Waals surface area (Å²) in [5.74, 6) is 0.533. The summed E-state index contributed by atoms with van der Waals surface area (Å²) in [6.45, 7) is 0. The lowest BCUT2D eigenvalue weighted by Gasteiger charge is -2.20. The Morgan fingerprint density at radius 2 is 2.05 bits per heavy atom. The molecule has 0 radical (unpaired) electrons. The first-order chi connectivity index (χ1) is 9.38. The van der Waals surface area contributed by atoms with Gasteiger partial charge in [-0.2, -0.15) is 8.42 Å². The lowest BCUT2D eigenvalue weighted by atomic mass is 9.86. The number of carbonyl (C=O) groups is 1. The number of thiazole rings is 1. The molecule has 0 aliphatic heterocycles. The van der Waals surface area contributed by atoms with Crippen molar-refractivity contribution in [1.82, 2.24) is 9.71 Å². The molecule has 0 aromatic carbocycles. The Balaban J connectivity index is 2.14. The van der Waals surface area contributed by atoms with Crippen LogP contribution in [0.5, 0.6) is 0 Å². The fraction of sp³-hybridized carbons (Fsp3) is 0.636. The number of aromatic nitrogens is 1. The van der Waals surface area contributed by atoms with E-state index >= 15 is 0 Å². The van der Waals surface area contributed by atoms with Crippen LogP contribution in [0, 0.1) is 5.92 Å². The van der Waals surface area contributed by atoms with Gasteiger partial charge in [-0.3, -0.25) is 0 Å². The van der Waals surface area contributed by atoms with Crippen LogP contribution in [0.25, 0.3) is 0 Å².